The SMILES string of the molecule is COc1cccc2c(-c3ccccc3Cl)c(C(=O)NN=Cc3cc(Br)cc(Br)c3OC(=O)c3ccc(Cl)cc3)[nH]c12. The summed E-state index contributed by atoms with van der Waals surface area (Å²) in [6, 6.07) is 22.5. The topological polar surface area (TPSA) is 92.8 Å². The van der Waals surface area contributed by atoms with E-state index in [4.69, 9.17) is 32.7 Å². The number of fused-ring (bicyclic) bond motifs is 1. The number of hydrogen-bond acceptors (Lipinski definition) is 5. The van der Waals surface area contributed by atoms with Crippen molar-refractivity contribution >= 4 is 84.1 Å². The van der Waals surface area contributed by atoms with Gasteiger partial charge in [0.05, 0.1) is 28.9 Å². The summed E-state index contributed by atoms with van der Waals surface area (Å²) < 4.78 is 12.4. The molecule has 1 heterocycles. The minimum atomic E-state index is -0.584. The quantitative estimate of drug-likeness (QED) is 0.0764. The van der Waals surface area contributed by atoms with Crippen molar-refractivity contribution in [1.82, 2.24) is 10.4 Å². The van der Waals surface area contributed by atoms with Crippen LogP contribution in [0.25, 0.3) is 22.0 Å². The number of aromatic amines is 1. The zero-order valence-electron chi connectivity index (χ0n) is 21.2. The lowest BCUT2D eigenvalue weighted by Gasteiger charge is -2.11. The number of ether oxygens (including phenoxy) is 2. The Kier molecular flexibility index (Phi) is 8.79. The van der Waals surface area contributed by atoms with Crippen LogP contribution >= 0.6 is 55.1 Å². The van der Waals surface area contributed by atoms with Crippen LogP contribution in [0.5, 0.6) is 11.5 Å². The van der Waals surface area contributed by atoms with Crippen molar-refractivity contribution in [2.24, 2.45) is 5.10 Å². The van der Waals surface area contributed by atoms with Gasteiger partial charge >= 0.3 is 5.97 Å². The first-order valence-corrected chi connectivity index (χ1v) is 14.3. The van der Waals surface area contributed by atoms with E-state index in [1.54, 1.807) is 55.6 Å². The van der Waals surface area contributed by atoms with E-state index in [1.165, 1.54) is 6.21 Å². The Hall–Kier alpha value is -3.63. The molecule has 5 rings (SSSR count). The number of esters is 1. The molecule has 0 fully saturated rings. The summed E-state index contributed by atoms with van der Waals surface area (Å²) in [4.78, 5) is 29.4. The van der Waals surface area contributed by atoms with Gasteiger partial charge in [0.2, 0.25) is 0 Å². The smallest absolute Gasteiger partial charge is 0.343 e. The molecule has 11 heteroatoms. The van der Waals surface area contributed by atoms with Gasteiger partial charge in [-0.25, -0.2) is 10.2 Å². The van der Waals surface area contributed by atoms with Gasteiger partial charge in [-0.1, -0.05) is 69.5 Å². The lowest BCUT2D eigenvalue weighted by atomic mass is 10.0. The molecule has 2 N–H and O–H groups in total. The Labute approximate surface area is 261 Å². The Bertz CT molecular complexity index is 1820. The molecular formula is C30H19Br2Cl2N3O4. The van der Waals surface area contributed by atoms with E-state index in [1.807, 2.05) is 30.3 Å². The number of rotatable bonds is 7. The van der Waals surface area contributed by atoms with Crippen LogP contribution in [0, 0.1) is 0 Å². The molecule has 0 aliphatic heterocycles. The van der Waals surface area contributed by atoms with E-state index in [9.17, 15) is 9.59 Å². The Morgan fingerprint density at radius 1 is 0.976 bits per heavy atom. The predicted octanol–water partition coefficient (Wildman–Crippen LogP) is 8.66. The summed E-state index contributed by atoms with van der Waals surface area (Å²) >= 11 is 19.3. The average Bonchev–Trinajstić information content (AvgIpc) is 3.35. The standard InChI is InChI=1S/C30H19Br2Cl2N3O4/c1-40-24-8-4-6-21-25(20-5-2-3-7-23(20)34)27(36-26(21)24)29(38)37-35-15-17-13-18(31)14-22(32)28(17)41-30(39)16-9-11-19(33)12-10-16/h2-15,36H,1H3,(H,37,38). The van der Waals surface area contributed by atoms with Gasteiger partial charge < -0.3 is 14.5 Å². The van der Waals surface area contributed by atoms with Crippen molar-refractivity contribution in [2.75, 3.05) is 7.11 Å². The number of H-pyrrole nitrogens is 1. The monoisotopic (exact) mass is 713 g/mol. The number of hydrazone groups is 1. The lowest BCUT2D eigenvalue weighted by molar-refractivity contribution is 0.0733. The van der Waals surface area contributed by atoms with Crippen LogP contribution in [0.3, 0.4) is 0 Å². The molecule has 0 saturated carbocycles. The van der Waals surface area contributed by atoms with E-state index < -0.39 is 11.9 Å². The number of aromatic nitrogens is 1. The van der Waals surface area contributed by atoms with Crippen molar-refractivity contribution in [1.29, 1.82) is 0 Å². The number of methoxy groups -OCH3 is 1. The molecule has 0 aliphatic rings. The number of carbonyl (C=O) groups excluding carboxylic acids is 2. The highest BCUT2D eigenvalue weighted by atomic mass is 79.9. The molecule has 206 valence electrons. The first-order valence-electron chi connectivity index (χ1n) is 12.0. The molecule has 0 bridgehead atoms. The number of halogens is 4. The number of nitrogens with one attached hydrogen (secondary N) is 2. The maximum atomic E-state index is 13.5. The molecule has 0 unspecified atom stereocenters. The Balaban J connectivity index is 1.47. The van der Waals surface area contributed by atoms with E-state index >= 15 is 0 Å². The van der Waals surface area contributed by atoms with Gasteiger partial charge in [-0.15, -0.1) is 0 Å². The van der Waals surface area contributed by atoms with Crippen molar-refractivity contribution in [3.63, 3.8) is 0 Å². The number of nitrogens with zero attached hydrogens (tertiary/aromatic N) is 1. The maximum Gasteiger partial charge on any atom is 0.343 e. The summed E-state index contributed by atoms with van der Waals surface area (Å²) in [6.07, 6.45) is 1.39. The Morgan fingerprint density at radius 2 is 1.73 bits per heavy atom. The minimum absolute atomic E-state index is 0.221. The molecule has 7 nitrogen and oxygen atoms in total. The molecular weight excluding hydrogens is 697 g/mol. The molecule has 0 spiro atoms. The number of para-hydroxylation sites is 1. The molecule has 4 aromatic carbocycles. The third kappa shape index (κ3) is 6.18. The molecule has 1 amide bonds. The highest BCUT2D eigenvalue weighted by Gasteiger charge is 2.22. The van der Waals surface area contributed by atoms with Gasteiger partial charge in [-0.2, -0.15) is 5.10 Å². The molecule has 1 aromatic heterocycles. The second kappa shape index (κ2) is 12.5. The summed E-state index contributed by atoms with van der Waals surface area (Å²) in [5.41, 5.74) is 5.49. The average molecular weight is 716 g/mol. The van der Waals surface area contributed by atoms with Crippen molar-refractivity contribution < 1.29 is 19.1 Å². The van der Waals surface area contributed by atoms with Crippen LogP contribution in [0.1, 0.15) is 26.4 Å². The van der Waals surface area contributed by atoms with Gasteiger partial charge in [-0.05, 0) is 64.5 Å². The number of carbonyl (C=O) groups is 2. The first kappa shape index (κ1) is 28.9. The summed E-state index contributed by atoms with van der Waals surface area (Å²) in [6.45, 7) is 0. The predicted molar refractivity (Wildman–Crippen MR) is 169 cm³/mol. The van der Waals surface area contributed by atoms with Crippen molar-refractivity contribution in [3.05, 3.63) is 115 Å². The van der Waals surface area contributed by atoms with E-state index in [2.05, 4.69) is 47.4 Å². The third-order valence-electron chi connectivity index (χ3n) is 6.07. The fourth-order valence-corrected chi connectivity index (χ4v) is 5.91. The van der Waals surface area contributed by atoms with Gasteiger partial charge in [-0.3, -0.25) is 4.79 Å². The largest absolute Gasteiger partial charge is 0.495 e. The highest BCUT2D eigenvalue weighted by Crippen LogP contribution is 2.39. The van der Waals surface area contributed by atoms with Crippen LogP contribution in [-0.4, -0.2) is 30.2 Å². The fraction of sp³-hybridized carbons (Fsp3) is 0.0333. The zero-order chi connectivity index (χ0) is 29.1. The second-order valence-electron chi connectivity index (χ2n) is 8.64. The van der Waals surface area contributed by atoms with E-state index in [0.717, 1.165) is 5.39 Å². The van der Waals surface area contributed by atoms with Gasteiger partial charge in [0.1, 0.15) is 11.4 Å². The number of benzene rings is 4. The van der Waals surface area contributed by atoms with Gasteiger partial charge in [0.25, 0.3) is 5.91 Å². The summed E-state index contributed by atoms with van der Waals surface area (Å²) in [5.74, 6) is -0.300. The summed E-state index contributed by atoms with van der Waals surface area (Å²) in [7, 11) is 1.56. The molecule has 0 atom stereocenters. The number of amides is 1. The second-order valence-corrected chi connectivity index (χ2v) is 11.3. The number of hydrogen-bond donors (Lipinski definition) is 2. The lowest BCUT2D eigenvalue weighted by Crippen LogP contribution is -2.19. The molecule has 0 saturated heterocycles. The minimum Gasteiger partial charge on any atom is -0.495 e. The van der Waals surface area contributed by atoms with Crippen LogP contribution in [0.15, 0.2) is 92.9 Å². The fourth-order valence-electron chi connectivity index (χ4n) is 4.21. The van der Waals surface area contributed by atoms with Crippen molar-refractivity contribution in [2.45, 2.75) is 0 Å². The van der Waals surface area contributed by atoms with Crippen LogP contribution < -0.4 is 14.9 Å². The van der Waals surface area contributed by atoms with Gasteiger partial charge in [0.15, 0.2) is 5.75 Å². The van der Waals surface area contributed by atoms with Crippen LogP contribution in [-0.2, 0) is 0 Å². The molecule has 0 radical (unpaired) electrons. The molecule has 0 aliphatic carbocycles. The Morgan fingerprint density at radius 3 is 2.46 bits per heavy atom. The van der Waals surface area contributed by atoms with E-state index in [0.29, 0.717) is 52.5 Å². The van der Waals surface area contributed by atoms with E-state index in [-0.39, 0.29) is 11.4 Å². The maximum absolute atomic E-state index is 13.5. The van der Waals surface area contributed by atoms with Gasteiger partial charge in [0, 0.05) is 36.6 Å². The first-order chi connectivity index (χ1) is 19.8. The van der Waals surface area contributed by atoms with Crippen molar-refractivity contribution in [3.8, 4) is 22.6 Å². The summed E-state index contributed by atoms with van der Waals surface area (Å²) in [5, 5.41) is 5.91. The normalized spacial score (nSPS) is 11.1. The van der Waals surface area contributed by atoms with Crippen LogP contribution in [0.2, 0.25) is 10.0 Å². The molecule has 5 aromatic rings. The molecule has 41 heavy (non-hydrogen) atoms. The third-order valence-corrected chi connectivity index (χ3v) is 7.70. The van der Waals surface area contributed by atoms with Crippen LogP contribution in [0.4, 0.5) is 0 Å². The zero-order valence-corrected chi connectivity index (χ0v) is 25.9. The highest BCUT2D eigenvalue weighted by molar-refractivity contribution is 9.11.